The molecule has 6 heteroatoms. The van der Waals surface area contributed by atoms with Crippen molar-refractivity contribution in [3.8, 4) is 0 Å². The van der Waals surface area contributed by atoms with Crippen molar-refractivity contribution >= 4 is 34.0 Å². The number of aromatic nitrogens is 1. The number of hydrogen-bond donors (Lipinski definition) is 1. The summed E-state index contributed by atoms with van der Waals surface area (Å²) in [5.41, 5.74) is 0.468. The fourth-order valence-electron chi connectivity index (χ4n) is 2.84. The summed E-state index contributed by atoms with van der Waals surface area (Å²) in [6.45, 7) is 4.32. The van der Waals surface area contributed by atoms with Crippen LogP contribution in [0.3, 0.4) is 0 Å². The van der Waals surface area contributed by atoms with E-state index in [0.717, 1.165) is 13.1 Å². The summed E-state index contributed by atoms with van der Waals surface area (Å²) >= 11 is 7.58. The Bertz CT molecular complexity index is 688. The van der Waals surface area contributed by atoms with E-state index < -0.39 is 0 Å². The first kappa shape index (κ1) is 16.4. The summed E-state index contributed by atoms with van der Waals surface area (Å²) < 4.78 is 0. The standard InChI is InChI=1S/C17H20ClN3OS/c1-12-6-4-5-9-21(12)11-13-10-19-17(23-13)20-16(22)14-7-2-3-8-15(14)18/h2-3,7-8,10,12H,4-6,9,11H2,1H3,(H,19,20,22). The van der Waals surface area contributed by atoms with E-state index in [0.29, 0.717) is 21.8 Å². The van der Waals surface area contributed by atoms with E-state index in [1.807, 2.05) is 6.20 Å². The smallest absolute Gasteiger partial charge is 0.258 e. The van der Waals surface area contributed by atoms with E-state index in [1.165, 1.54) is 35.5 Å². The van der Waals surface area contributed by atoms with Crippen LogP contribution in [-0.2, 0) is 6.54 Å². The van der Waals surface area contributed by atoms with Crippen molar-refractivity contribution < 1.29 is 4.79 Å². The molecule has 23 heavy (non-hydrogen) atoms. The molecule has 0 aliphatic carbocycles. The van der Waals surface area contributed by atoms with Crippen LogP contribution in [0.1, 0.15) is 41.4 Å². The van der Waals surface area contributed by atoms with Gasteiger partial charge in [-0.15, -0.1) is 11.3 Å². The summed E-state index contributed by atoms with van der Waals surface area (Å²) in [6, 6.07) is 7.64. The highest BCUT2D eigenvalue weighted by Gasteiger charge is 2.19. The second-order valence-corrected chi connectivity index (χ2v) is 7.40. The van der Waals surface area contributed by atoms with Crippen molar-refractivity contribution in [2.45, 2.75) is 38.8 Å². The summed E-state index contributed by atoms with van der Waals surface area (Å²) in [7, 11) is 0. The topological polar surface area (TPSA) is 45.2 Å². The molecule has 1 aromatic heterocycles. The van der Waals surface area contributed by atoms with Gasteiger partial charge in [0.2, 0.25) is 0 Å². The molecule has 1 N–H and O–H groups in total. The molecule has 1 aliphatic rings. The van der Waals surface area contributed by atoms with E-state index in [4.69, 9.17) is 11.6 Å². The molecule has 1 saturated heterocycles. The molecule has 2 aromatic rings. The summed E-state index contributed by atoms with van der Waals surface area (Å²) in [4.78, 5) is 20.2. The van der Waals surface area contributed by atoms with Gasteiger partial charge >= 0.3 is 0 Å². The molecule has 1 unspecified atom stereocenters. The van der Waals surface area contributed by atoms with Crippen molar-refractivity contribution in [1.82, 2.24) is 9.88 Å². The number of nitrogens with zero attached hydrogens (tertiary/aromatic N) is 2. The van der Waals surface area contributed by atoms with E-state index in [9.17, 15) is 4.79 Å². The Morgan fingerprint density at radius 1 is 1.43 bits per heavy atom. The lowest BCUT2D eigenvalue weighted by molar-refractivity contribution is 0.102. The molecule has 122 valence electrons. The van der Waals surface area contributed by atoms with Gasteiger partial charge in [0, 0.05) is 23.7 Å². The Hall–Kier alpha value is -1.43. The first-order valence-corrected chi connectivity index (χ1v) is 9.07. The summed E-state index contributed by atoms with van der Waals surface area (Å²) in [6.07, 6.45) is 5.70. The zero-order valence-electron chi connectivity index (χ0n) is 13.1. The minimum atomic E-state index is -0.220. The van der Waals surface area contributed by atoms with Gasteiger partial charge in [0.15, 0.2) is 5.13 Å². The Balaban J connectivity index is 1.63. The van der Waals surface area contributed by atoms with Crippen LogP contribution in [0.2, 0.25) is 5.02 Å². The van der Waals surface area contributed by atoms with Crippen LogP contribution in [-0.4, -0.2) is 28.4 Å². The van der Waals surface area contributed by atoms with Crippen molar-refractivity contribution in [3.05, 3.63) is 45.9 Å². The number of anilines is 1. The second kappa shape index (κ2) is 7.43. The van der Waals surface area contributed by atoms with Gasteiger partial charge in [0.25, 0.3) is 5.91 Å². The van der Waals surface area contributed by atoms with Gasteiger partial charge in [-0.05, 0) is 38.4 Å². The minimum absolute atomic E-state index is 0.220. The average molecular weight is 350 g/mol. The number of carbonyl (C=O) groups is 1. The molecule has 4 nitrogen and oxygen atoms in total. The Morgan fingerprint density at radius 3 is 3.04 bits per heavy atom. The van der Waals surface area contributed by atoms with Gasteiger partial charge in [0.1, 0.15) is 0 Å². The van der Waals surface area contributed by atoms with E-state index in [1.54, 1.807) is 24.3 Å². The highest BCUT2D eigenvalue weighted by Crippen LogP contribution is 2.25. The Morgan fingerprint density at radius 2 is 2.26 bits per heavy atom. The number of rotatable bonds is 4. The lowest BCUT2D eigenvalue weighted by atomic mass is 10.0. The van der Waals surface area contributed by atoms with Gasteiger partial charge in [-0.3, -0.25) is 15.0 Å². The molecule has 1 amide bonds. The predicted molar refractivity (Wildman–Crippen MR) is 95.2 cm³/mol. The molecular formula is C17H20ClN3OS. The molecule has 0 saturated carbocycles. The second-order valence-electron chi connectivity index (χ2n) is 5.88. The predicted octanol–water partition coefficient (Wildman–Crippen LogP) is 4.42. The molecule has 1 atom stereocenters. The van der Waals surface area contributed by atoms with E-state index in [2.05, 4.69) is 22.1 Å². The average Bonchev–Trinajstić information content (AvgIpc) is 2.97. The third-order valence-corrected chi connectivity index (χ3v) is 5.42. The van der Waals surface area contributed by atoms with Gasteiger partial charge in [0.05, 0.1) is 10.6 Å². The van der Waals surface area contributed by atoms with Crippen LogP contribution < -0.4 is 5.32 Å². The molecule has 1 aromatic carbocycles. The maximum absolute atomic E-state index is 12.2. The molecule has 0 spiro atoms. The quantitative estimate of drug-likeness (QED) is 0.888. The van der Waals surface area contributed by atoms with Gasteiger partial charge in [-0.1, -0.05) is 30.2 Å². The number of nitrogens with one attached hydrogen (secondary N) is 1. The highest BCUT2D eigenvalue weighted by atomic mass is 35.5. The first-order valence-electron chi connectivity index (χ1n) is 7.88. The number of amides is 1. The number of carbonyl (C=O) groups excluding carboxylic acids is 1. The third kappa shape index (κ3) is 4.10. The van der Waals surface area contributed by atoms with E-state index in [-0.39, 0.29) is 5.91 Å². The van der Waals surface area contributed by atoms with Crippen molar-refractivity contribution in [1.29, 1.82) is 0 Å². The normalized spacial score (nSPS) is 18.8. The maximum atomic E-state index is 12.2. The molecule has 1 aliphatic heterocycles. The SMILES string of the molecule is CC1CCCCN1Cc1cnc(NC(=O)c2ccccc2Cl)s1. The lowest BCUT2D eigenvalue weighted by Gasteiger charge is -2.32. The maximum Gasteiger partial charge on any atom is 0.258 e. The van der Waals surface area contributed by atoms with Crippen LogP contribution in [0.15, 0.2) is 30.5 Å². The van der Waals surface area contributed by atoms with Gasteiger partial charge in [-0.25, -0.2) is 4.98 Å². The first-order chi connectivity index (χ1) is 11.1. The van der Waals surface area contributed by atoms with E-state index >= 15 is 0 Å². The monoisotopic (exact) mass is 349 g/mol. The molecule has 1 fully saturated rings. The summed E-state index contributed by atoms with van der Waals surface area (Å²) in [5.74, 6) is -0.220. The minimum Gasteiger partial charge on any atom is -0.298 e. The third-order valence-electron chi connectivity index (χ3n) is 4.19. The number of halogens is 1. The summed E-state index contributed by atoms with van der Waals surface area (Å²) in [5, 5.41) is 3.90. The number of thiazole rings is 1. The molecule has 0 bridgehead atoms. The fraction of sp³-hybridized carbons (Fsp3) is 0.412. The number of hydrogen-bond acceptors (Lipinski definition) is 4. The molecular weight excluding hydrogens is 330 g/mol. The van der Waals surface area contributed by atoms with Gasteiger partial charge < -0.3 is 0 Å². The number of piperidine rings is 1. The van der Waals surface area contributed by atoms with Crippen LogP contribution in [0, 0.1) is 0 Å². The van der Waals surface area contributed by atoms with Crippen molar-refractivity contribution in [2.24, 2.45) is 0 Å². The van der Waals surface area contributed by atoms with Crippen molar-refractivity contribution in [3.63, 3.8) is 0 Å². The number of benzene rings is 1. The zero-order chi connectivity index (χ0) is 16.2. The van der Waals surface area contributed by atoms with Gasteiger partial charge in [-0.2, -0.15) is 0 Å². The van der Waals surface area contributed by atoms with Crippen LogP contribution >= 0.6 is 22.9 Å². The zero-order valence-corrected chi connectivity index (χ0v) is 14.7. The largest absolute Gasteiger partial charge is 0.298 e. The van der Waals surface area contributed by atoms with Crippen LogP contribution in [0.25, 0.3) is 0 Å². The molecule has 2 heterocycles. The Labute approximate surface area is 145 Å². The molecule has 3 rings (SSSR count). The number of likely N-dealkylation sites (tertiary alicyclic amines) is 1. The lowest BCUT2D eigenvalue weighted by Crippen LogP contribution is -2.36. The van der Waals surface area contributed by atoms with Crippen molar-refractivity contribution in [2.75, 3.05) is 11.9 Å². The van der Waals surface area contributed by atoms with Crippen LogP contribution in [0.4, 0.5) is 5.13 Å². The highest BCUT2D eigenvalue weighted by molar-refractivity contribution is 7.15. The molecule has 0 radical (unpaired) electrons. The Kier molecular flexibility index (Phi) is 5.30. The fourth-order valence-corrected chi connectivity index (χ4v) is 3.90. The van der Waals surface area contributed by atoms with Crippen LogP contribution in [0.5, 0.6) is 0 Å².